The zero-order valence-corrected chi connectivity index (χ0v) is 12.8. The smallest absolute Gasteiger partial charge is 0.257 e. The number of para-hydroxylation sites is 1. The van der Waals surface area contributed by atoms with Crippen molar-refractivity contribution in [3.05, 3.63) is 29.8 Å². The molecule has 0 saturated heterocycles. The van der Waals surface area contributed by atoms with Crippen molar-refractivity contribution in [2.45, 2.75) is 13.8 Å². The standard InChI is InChI=1S/C16H22N2O3/c1-4-18(12-13(2)11-17)16(19)14-7-5-6-8-15(14)21-10-9-20-3/h5-8,13H,4,9-10,12H2,1-3H3. The van der Waals surface area contributed by atoms with E-state index in [0.717, 1.165) is 0 Å². The summed E-state index contributed by atoms with van der Waals surface area (Å²) in [6, 6.07) is 9.29. The van der Waals surface area contributed by atoms with Crippen LogP contribution in [0.2, 0.25) is 0 Å². The first-order valence-electron chi connectivity index (χ1n) is 7.03. The number of benzene rings is 1. The van der Waals surface area contributed by atoms with E-state index in [9.17, 15) is 4.79 Å². The molecule has 1 unspecified atom stereocenters. The molecule has 0 spiro atoms. The van der Waals surface area contributed by atoms with E-state index in [1.54, 1.807) is 37.1 Å². The minimum absolute atomic E-state index is 0.118. The number of rotatable bonds is 8. The minimum Gasteiger partial charge on any atom is -0.490 e. The third kappa shape index (κ3) is 5.09. The number of carbonyl (C=O) groups excluding carboxylic acids is 1. The molecular formula is C16H22N2O3. The van der Waals surface area contributed by atoms with Crippen LogP contribution in [0.4, 0.5) is 0 Å². The highest BCUT2D eigenvalue weighted by Crippen LogP contribution is 2.20. The fourth-order valence-corrected chi connectivity index (χ4v) is 1.90. The number of nitriles is 1. The zero-order chi connectivity index (χ0) is 15.7. The van der Waals surface area contributed by atoms with Crippen molar-refractivity contribution < 1.29 is 14.3 Å². The van der Waals surface area contributed by atoms with Gasteiger partial charge in [-0.3, -0.25) is 4.79 Å². The van der Waals surface area contributed by atoms with Crippen LogP contribution in [0.5, 0.6) is 5.75 Å². The van der Waals surface area contributed by atoms with E-state index in [-0.39, 0.29) is 11.8 Å². The molecule has 1 amide bonds. The third-order valence-electron chi connectivity index (χ3n) is 3.05. The van der Waals surface area contributed by atoms with Crippen molar-refractivity contribution in [1.29, 1.82) is 5.26 Å². The first kappa shape index (κ1) is 17.0. The molecule has 5 heteroatoms. The predicted molar refractivity (Wildman–Crippen MR) is 80.2 cm³/mol. The number of methoxy groups -OCH3 is 1. The largest absolute Gasteiger partial charge is 0.490 e. The lowest BCUT2D eigenvalue weighted by Gasteiger charge is -2.23. The Labute approximate surface area is 126 Å². The van der Waals surface area contributed by atoms with Gasteiger partial charge in [-0.05, 0) is 26.0 Å². The second-order valence-corrected chi connectivity index (χ2v) is 4.71. The number of ether oxygens (including phenoxy) is 2. The summed E-state index contributed by atoms with van der Waals surface area (Å²) in [7, 11) is 1.60. The maximum absolute atomic E-state index is 12.6. The van der Waals surface area contributed by atoms with Crippen LogP contribution in [0.25, 0.3) is 0 Å². The van der Waals surface area contributed by atoms with Crippen LogP contribution in [0.3, 0.4) is 0 Å². The van der Waals surface area contributed by atoms with Crippen LogP contribution in [-0.4, -0.2) is 44.2 Å². The van der Waals surface area contributed by atoms with Crippen molar-refractivity contribution in [3.63, 3.8) is 0 Å². The number of amides is 1. The summed E-state index contributed by atoms with van der Waals surface area (Å²) in [4.78, 5) is 14.2. The van der Waals surface area contributed by atoms with Crippen LogP contribution < -0.4 is 4.74 Å². The molecule has 0 radical (unpaired) electrons. The zero-order valence-electron chi connectivity index (χ0n) is 12.8. The van der Waals surface area contributed by atoms with Crippen molar-refractivity contribution in [2.75, 3.05) is 33.4 Å². The Kier molecular flexibility index (Phi) is 7.27. The summed E-state index contributed by atoms with van der Waals surface area (Å²) in [6.45, 7) is 5.52. The van der Waals surface area contributed by atoms with Gasteiger partial charge in [0.25, 0.3) is 5.91 Å². The molecule has 0 aliphatic rings. The monoisotopic (exact) mass is 290 g/mol. The van der Waals surface area contributed by atoms with Gasteiger partial charge in [0.2, 0.25) is 0 Å². The molecule has 114 valence electrons. The van der Waals surface area contributed by atoms with E-state index in [1.165, 1.54) is 0 Å². The van der Waals surface area contributed by atoms with Crippen LogP contribution in [-0.2, 0) is 4.74 Å². The molecule has 0 N–H and O–H groups in total. The first-order chi connectivity index (χ1) is 10.1. The second kappa shape index (κ2) is 8.98. The fraction of sp³-hybridized carbons (Fsp3) is 0.500. The molecule has 0 fully saturated rings. The van der Waals surface area contributed by atoms with Gasteiger partial charge in [0, 0.05) is 20.2 Å². The molecule has 1 atom stereocenters. The minimum atomic E-state index is -0.199. The molecule has 1 rings (SSSR count). The molecule has 0 heterocycles. The number of nitrogens with zero attached hydrogens (tertiary/aromatic N) is 2. The van der Waals surface area contributed by atoms with Gasteiger partial charge in [0.15, 0.2) is 0 Å². The van der Waals surface area contributed by atoms with Crippen LogP contribution in [0.15, 0.2) is 24.3 Å². The maximum atomic E-state index is 12.6. The van der Waals surface area contributed by atoms with Crippen molar-refractivity contribution >= 4 is 5.91 Å². The quantitative estimate of drug-likeness (QED) is 0.689. The molecule has 1 aromatic carbocycles. The first-order valence-corrected chi connectivity index (χ1v) is 7.03. The summed E-state index contributed by atoms with van der Waals surface area (Å²) in [5, 5.41) is 8.90. The van der Waals surface area contributed by atoms with Gasteiger partial charge in [-0.25, -0.2) is 0 Å². The van der Waals surface area contributed by atoms with Gasteiger partial charge in [0.1, 0.15) is 12.4 Å². The third-order valence-corrected chi connectivity index (χ3v) is 3.05. The SMILES string of the molecule is CCN(CC(C)C#N)C(=O)c1ccccc1OCCOC. The summed E-state index contributed by atoms with van der Waals surface area (Å²) in [5.41, 5.74) is 0.514. The lowest BCUT2D eigenvalue weighted by Crippen LogP contribution is -2.34. The Balaban J connectivity index is 2.87. The predicted octanol–water partition coefficient (Wildman–Crippen LogP) is 2.33. The Morgan fingerprint density at radius 1 is 1.38 bits per heavy atom. The highest BCUT2D eigenvalue weighted by molar-refractivity contribution is 5.96. The van der Waals surface area contributed by atoms with Gasteiger partial charge < -0.3 is 14.4 Å². The topological polar surface area (TPSA) is 62.6 Å². The van der Waals surface area contributed by atoms with E-state index >= 15 is 0 Å². The van der Waals surface area contributed by atoms with Crippen molar-refractivity contribution in [3.8, 4) is 11.8 Å². The van der Waals surface area contributed by atoms with E-state index in [1.807, 2.05) is 13.0 Å². The highest BCUT2D eigenvalue weighted by atomic mass is 16.5. The molecule has 21 heavy (non-hydrogen) atoms. The molecule has 0 aliphatic heterocycles. The summed E-state index contributed by atoms with van der Waals surface area (Å²) in [6.07, 6.45) is 0. The maximum Gasteiger partial charge on any atom is 0.257 e. The Morgan fingerprint density at radius 3 is 2.71 bits per heavy atom. The number of hydrogen-bond acceptors (Lipinski definition) is 4. The van der Waals surface area contributed by atoms with E-state index in [4.69, 9.17) is 14.7 Å². The van der Waals surface area contributed by atoms with Crippen LogP contribution in [0.1, 0.15) is 24.2 Å². The molecule has 0 aliphatic carbocycles. The highest BCUT2D eigenvalue weighted by Gasteiger charge is 2.19. The van der Waals surface area contributed by atoms with Gasteiger partial charge >= 0.3 is 0 Å². The van der Waals surface area contributed by atoms with Gasteiger partial charge in [-0.1, -0.05) is 12.1 Å². The molecule has 1 aromatic rings. The van der Waals surface area contributed by atoms with Crippen molar-refractivity contribution in [1.82, 2.24) is 4.90 Å². The Bertz CT molecular complexity index is 497. The molecular weight excluding hydrogens is 268 g/mol. The number of carbonyl (C=O) groups is 1. The summed E-state index contributed by atoms with van der Waals surface area (Å²) in [5.74, 6) is 0.227. The number of hydrogen-bond donors (Lipinski definition) is 0. The normalized spacial score (nSPS) is 11.5. The molecule has 0 aromatic heterocycles. The Morgan fingerprint density at radius 2 is 2.10 bits per heavy atom. The average molecular weight is 290 g/mol. The lowest BCUT2D eigenvalue weighted by molar-refractivity contribution is 0.0745. The van der Waals surface area contributed by atoms with Crippen molar-refractivity contribution in [2.24, 2.45) is 5.92 Å². The van der Waals surface area contributed by atoms with Crippen LogP contribution >= 0.6 is 0 Å². The molecule has 0 saturated carbocycles. The van der Waals surface area contributed by atoms with Gasteiger partial charge in [0.05, 0.1) is 24.2 Å². The van der Waals surface area contributed by atoms with E-state index in [0.29, 0.717) is 37.6 Å². The average Bonchev–Trinajstić information content (AvgIpc) is 2.52. The Hall–Kier alpha value is -2.06. The molecule has 0 bridgehead atoms. The molecule has 5 nitrogen and oxygen atoms in total. The fourth-order valence-electron chi connectivity index (χ4n) is 1.90. The summed E-state index contributed by atoms with van der Waals surface area (Å²) >= 11 is 0. The van der Waals surface area contributed by atoms with Gasteiger partial charge in [-0.2, -0.15) is 5.26 Å². The van der Waals surface area contributed by atoms with Gasteiger partial charge in [-0.15, -0.1) is 0 Å². The van der Waals surface area contributed by atoms with E-state index < -0.39 is 0 Å². The second-order valence-electron chi connectivity index (χ2n) is 4.71. The van der Waals surface area contributed by atoms with E-state index in [2.05, 4.69) is 6.07 Å². The van der Waals surface area contributed by atoms with Crippen LogP contribution in [0, 0.1) is 17.2 Å². The summed E-state index contributed by atoms with van der Waals surface area (Å²) < 4.78 is 10.5. The lowest BCUT2D eigenvalue weighted by atomic mass is 10.1.